The molecule has 0 aromatic heterocycles. The Morgan fingerprint density at radius 1 is 0.794 bits per heavy atom. The Morgan fingerprint density at radius 3 is 1.85 bits per heavy atom. The molecule has 184 valence electrons. The number of nitrogens with zero attached hydrogens (tertiary/aromatic N) is 3. The summed E-state index contributed by atoms with van der Waals surface area (Å²) < 4.78 is 0. The van der Waals surface area contributed by atoms with E-state index in [1.807, 2.05) is 0 Å². The van der Waals surface area contributed by atoms with E-state index >= 15 is 0 Å². The van der Waals surface area contributed by atoms with E-state index in [0.717, 1.165) is 12.2 Å². The number of hydrogen-bond donors (Lipinski definition) is 5. The summed E-state index contributed by atoms with van der Waals surface area (Å²) in [5, 5.41) is 13.7. The second kappa shape index (κ2) is 14.6. The molecular formula is C19H26N8O7. The minimum Gasteiger partial charge on any atom is -0.356 e. The van der Waals surface area contributed by atoms with Crippen LogP contribution in [-0.4, -0.2) is 85.4 Å². The van der Waals surface area contributed by atoms with E-state index in [2.05, 4.69) is 50.4 Å². The van der Waals surface area contributed by atoms with Crippen molar-refractivity contribution in [3.05, 3.63) is 12.2 Å². The van der Waals surface area contributed by atoms with Crippen molar-refractivity contribution in [3.63, 3.8) is 0 Å². The third-order valence-corrected chi connectivity index (χ3v) is 4.25. The summed E-state index contributed by atoms with van der Waals surface area (Å²) in [5.41, 5.74) is 4.20. The number of carbonyl (C=O) groups is 7. The Kier molecular flexibility index (Phi) is 11.9. The quantitative estimate of drug-likeness (QED) is 0.0917. The first-order valence-corrected chi connectivity index (χ1v) is 10.0. The Balaban J connectivity index is 2.63. The van der Waals surface area contributed by atoms with Crippen LogP contribution in [0.2, 0.25) is 0 Å². The van der Waals surface area contributed by atoms with Crippen molar-refractivity contribution in [1.82, 2.24) is 31.7 Å². The number of hydrazone groups is 2. The van der Waals surface area contributed by atoms with E-state index in [-0.39, 0.29) is 38.8 Å². The molecule has 0 fully saturated rings. The fourth-order valence-electron chi connectivity index (χ4n) is 2.63. The van der Waals surface area contributed by atoms with Gasteiger partial charge in [-0.1, -0.05) is 0 Å². The van der Waals surface area contributed by atoms with Crippen LogP contribution in [0.5, 0.6) is 0 Å². The summed E-state index contributed by atoms with van der Waals surface area (Å²) in [4.78, 5) is 83.5. The highest BCUT2D eigenvalue weighted by Gasteiger charge is 2.28. The van der Waals surface area contributed by atoms with Gasteiger partial charge in [0.25, 0.3) is 11.8 Å². The largest absolute Gasteiger partial charge is 0.356 e. The maximum atomic E-state index is 12.5. The molecule has 0 saturated heterocycles. The Morgan fingerprint density at radius 2 is 1.32 bits per heavy atom. The second-order valence-corrected chi connectivity index (χ2v) is 6.78. The van der Waals surface area contributed by atoms with Gasteiger partial charge < -0.3 is 16.0 Å². The Labute approximate surface area is 194 Å². The summed E-state index contributed by atoms with van der Waals surface area (Å²) in [5.74, 6) is -4.25. The maximum absolute atomic E-state index is 12.5. The number of nitrogens with one attached hydrogen (secondary N) is 5. The van der Waals surface area contributed by atoms with Crippen LogP contribution >= 0.6 is 0 Å². The summed E-state index contributed by atoms with van der Waals surface area (Å²) in [7, 11) is 0. The van der Waals surface area contributed by atoms with Gasteiger partial charge in [0, 0.05) is 57.9 Å². The number of rotatable bonds is 15. The molecule has 15 nitrogen and oxygen atoms in total. The van der Waals surface area contributed by atoms with Gasteiger partial charge in [0.2, 0.25) is 29.5 Å². The average Bonchev–Trinajstić information content (AvgIpc) is 3.08. The molecule has 0 aliphatic carbocycles. The van der Waals surface area contributed by atoms with E-state index in [4.69, 9.17) is 0 Å². The number of hydrogen-bond acceptors (Lipinski definition) is 9. The second-order valence-electron chi connectivity index (χ2n) is 6.78. The van der Waals surface area contributed by atoms with Crippen LogP contribution in [0.4, 0.5) is 0 Å². The molecule has 1 aliphatic rings. The summed E-state index contributed by atoms with van der Waals surface area (Å²) >= 11 is 0. The van der Waals surface area contributed by atoms with Crippen LogP contribution in [0.1, 0.15) is 25.7 Å². The molecule has 7 amide bonds. The van der Waals surface area contributed by atoms with Crippen LogP contribution in [0.3, 0.4) is 0 Å². The Bertz CT molecular complexity index is 868. The van der Waals surface area contributed by atoms with Crippen molar-refractivity contribution in [1.29, 1.82) is 0 Å². The lowest BCUT2D eigenvalue weighted by Gasteiger charge is -2.20. The van der Waals surface area contributed by atoms with E-state index in [1.54, 1.807) is 0 Å². The first-order chi connectivity index (χ1) is 16.2. The van der Waals surface area contributed by atoms with Crippen molar-refractivity contribution in [2.24, 2.45) is 10.2 Å². The molecule has 1 atom stereocenters. The number of amides is 7. The lowest BCUT2D eigenvalue weighted by molar-refractivity contribution is -0.141. The van der Waals surface area contributed by atoms with Gasteiger partial charge in [-0.2, -0.15) is 10.2 Å². The molecule has 1 rings (SSSR count). The standard InChI is InChI=1S/C19H26N8O7/c1-20-25-14(29)7-9-22-13(28)4-3-12(19(34)23-10-8-15(30)26-21-2)24-16(31)11-27-17(32)5-6-18(27)33/h5-6,12H,1-4,7-11H2,(H,22,28)(H,23,34)(H,24,31)(H,25,29)(H,26,30). The van der Waals surface area contributed by atoms with E-state index in [1.165, 1.54) is 0 Å². The van der Waals surface area contributed by atoms with Crippen molar-refractivity contribution < 1.29 is 33.6 Å². The van der Waals surface area contributed by atoms with Crippen LogP contribution < -0.4 is 26.8 Å². The molecule has 1 unspecified atom stereocenters. The summed E-state index contributed by atoms with van der Waals surface area (Å²) in [6.45, 7) is 5.52. The molecule has 1 heterocycles. The van der Waals surface area contributed by atoms with Crippen LogP contribution in [-0.2, 0) is 33.6 Å². The van der Waals surface area contributed by atoms with Gasteiger partial charge >= 0.3 is 0 Å². The van der Waals surface area contributed by atoms with E-state index in [0.29, 0.717) is 4.90 Å². The van der Waals surface area contributed by atoms with E-state index < -0.39 is 53.9 Å². The summed E-state index contributed by atoms with van der Waals surface area (Å²) in [6, 6.07) is -1.20. The monoisotopic (exact) mass is 478 g/mol. The molecule has 1 aliphatic heterocycles. The molecule has 15 heteroatoms. The lowest BCUT2D eigenvalue weighted by Crippen LogP contribution is -2.51. The first kappa shape index (κ1) is 27.6. The van der Waals surface area contributed by atoms with Crippen LogP contribution in [0, 0.1) is 0 Å². The third-order valence-electron chi connectivity index (χ3n) is 4.25. The van der Waals surface area contributed by atoms with Gasteiger partial charge in [-0.25, -0.2) is 10.9 Å². The molecular weight excluding hydrogens is 452 g/mol. The van der Waals surface area contributed by atoms with Gasteiger partial charge in [-0.15, -0.1) is 0 Å². The van der Waals surface area contributed by atoms with Gasteiger partial charge in [0.1, 0.15) is 12.6 Å². The molecule has 0 aromatic carbocycles. The predicted octanol–water partition coefficient (Wildman–Crippen LogP) is -3.35. The van der Waals surface area contributed by atoms with E-state index in [9.17, 15) is 33.6 Å². The summed E-state index contributed by atoms with van der Waals surface area (Å²) in [6.07, 6.45) is 1.54. The molecule has 5 N–H and O–H groups in total. The topological polar surface area (TPSA) is 208 Å². The molecule has 0 spiro atoms. The van der Waals surface area contributed by atoms with Crippen molar-refractivity contribution in [3.8, 4) is 0 Å². The normalized spacial score (nSPS) is 13.0. The number of carbonyl (C=O) groups excluding carboxylic acids is 7. The zero-order chi connectivity index (χ0) is 25.5. The van der Waals surface area contributed by atoms with Gasteiger partial charge in [0.05, 0.1) is 0 Å². The van der Waals surface area contributed by atoms with Crippen molar-refractivity contribution in [2.75, 3.05) is 19.6 Å². The van der Waals surface area contributed by atoms with Crippen LogP contribution in [0.15, 0.2) is 22.4 Å². The molecule has 0 aromatic rings. The zero-order valence-electron chi connectivity index (χ0n) is 18.3. The average molecular weight is 478 g/mol. The lowest BCUT2D eigenvalue weighted by atomic mass is 10.1. The Hall–Kier alpha value is -4.43. The first-order valence-electron chi connectivity index (χ1n) is 10.0. The highest BCUT2D eigenvalue weighted by Crippen LogP contribution is 2.04. The molecule has 0 saturated carbocycles. The smallest absolute Gasteiger partial charge is 0.254 e. The fourth-order valence-corrected chi connectivity index (χ4v) is 2.63. The zero-order valence-corrected chi connectivity index (χ0v) is 18.3. The van der Waals surface area contributed by atoms with Gasteiger partial charge in [0.15, 0.2) is 0 Å². The minimum atomic E-state index is -1.20. The van der Waals surface area contributed by atoms with Crippen LogP contribution in [0.25, 0.3) is 0 Å². The minimum absolute atomic E-state index is 0.0159. The predicted molar refractivity (Wildman–Crippen MR) is 118 cm³/mol. The molecule has 0 bridgehead atoms. The van der Waals surface area contributed by atoms with Gasteiger partial charge in [-0.3, -0.25) is 38.5 Å². The highest BCUT2D eigenvalue weighted by atomic mass is 16.2. The fraction of sp³-hybridized carbons (Fsp3) is 0.421. The molecule has 34 heavy (non-hydrogen) atoms. The van der Waals surface area contributed by atoms with Crippen molar-refractivity contribution >= 4 is 54.8 Å². The molecule has 0 radical (unpaired) electrons. The van der Waals surface area contributed by atoms with Crippen molar-refractivity contribution in [2.45, 2.75) is 31.7 Å². The maximum Gasteiger partial charge on any atom is 0.254 e. The number of imide groups is 1. The third kappa shape index (κ3) is 10.3. The van der Waals surface area contributed by atoms with Gasteiger partial charge in [-0.05, 0) is 6.42 Å². The SMILES string of the molecule is C=NNC(=O)CCNC(=O)CCC(NC(=O)CN1C(=O)C=CC1=O)C(=O)NCCC(=O)NN=C. The highest BCUT2D eigenvalue weighted by molar-refractivity contribution is 6.14.